The number of hydrogen-bond donors (Lipinski definition) is 1. The van der Waals surface area contributed by atoms with Gasteiger partial charge in [0.2, 0.25) is 0 Å². The summed E-state index contributed by atoms with van der Waals surface area (Å²) in [5.41, 5.74) is -0.860. The lowest BCUT2D eigenvalue weighted by atomic mass is 10.1. The number of ether oxygens (including phenoxy) is 2. The Hall–Kier alpha value is -6.06. The highest BCUT2D eigenvalue weighted by Gasteiger charge is 2.29. The molecule has 29 heteroatoms. The molecular weight excluding hydrogens is 1220 g/mol. The van der Waals surface area contributed by atoms with E-state index in [9.17, 15) is 83.5 Å². The van der Waals surface area contributed by atoms with Gasteiger partial charge in [-0.3, -0.25) is 9.59 Å². The number of benzene rings is 5. The fourth-order valence-electron chi connectivity index (χ4n) is 5.39. The van der Waals surface area contributed by atoms with E-state index >= 15 is 0 Å². The molecule has 0 saturated carbocycles. The summed E-state index contributed by atoms with van der Waals surface area (Å²) in [6.07, 6.45) is 0. The van der Waals surface area contributed by atoms with Crippen LogP contribution >= 0.6 is 27.7 Å². The minimum atomic E-state index is -3.93. The second-order valence-corrected chi connectivity index (χ2v) is 24.3. The molecule has 0 atom stereocenters. The van der Waals surface area contributed by atoms with E-state index in [0.717, 1.165) is 110 Å². The number of methoxy groups -OCH3 is 2. The van der Waals surface area contributed by atoms with Crippen molar-refractivity contribution in [3.8, 4) is 6.07 Å². The molecule has 0 aliphatic rings. The van der Waals surface area contributed by atoms with E-state index in [2.05, 4.69) is 36.1 Å². The van der Waals surface area contributed by atoms with Crippen molar-refractivity contribution in [2.45, 2.75) is 83.8 Å². The summed E-state index contributed by atoms with van der Waals surface area (Å²) < 4.78 is 207. The van der Waals surface area contributed by atoms with Gasteiger partial charge >= 0.3 is 17.9 Å². The minimum absolute atomic E-state index is 0.0325. The van der Waals surface area contributed by atoms with Crippen molar-refractivity contribution in [3.63, 3.8) is 0 Å². The molecule has 0 aromatic heterocycles. The van der Waals surface area contributed by atoms with E-state index in [4.69, 9.17) is 5.26 Å². The number of hydrogen-bond acceptors (Lipinski definition) is 15. The molecule has 0 fully saturated rings. The zero-order chi connectivity index (χ0) is 61.0. The Morgan fingerprint density at radius 1 is 0.481 bits per heavy atom. The number of halogens is 11. The first-order valence-corrected chi connectivity index (χ1v) is 28.6. The van der Waals surface area contributed by atoms with Gasteiger partial charge in [0.05, 0.1) is 40.7 Å². The molecule has 0 saturated heterocycles. The van der Waals surface area contributed by atoms with Crippen LogP contribution < -0.4 is 5.90 Å². The molecule has 0 aliphatic heterocycles. The van der Waals surface area contributed by atoms with Crippen LogP contribution in [-0.4, -0.2) is 80.4 Å². The molecular formula is C50H51BrF10N2O12S4. The van der Waals surface area contributed by atoms with Crippen LogP contribution in [0.5, 0.6) is 0 Å². The van der Waals surface area contributed by atoms with Crippen LogP contribution in [-0.2, 0) is 87.8 Å². The molecule has 0 bridgehead atoms. The lowest BCUT2D eigenvalue weighted by Gasteiger charge is -2.11. The van der Waals surface area contributed by atoms with Crippen LogP contribution in [0.1, 0.15) is 62.4 Å². The lowest BCUT2D eigenvalue weighted by molar-refractivity contribution is -0.141. The summed E-state index contributed by atoms with van der Waals surface area (Å²) in [7, 11) is -9.09. The number of alkyl halides is 10. The van der Waals surface area contributed by atoms with Crippen LogP contribution in [0.4, 0.5) is 43.9 Å². The van der Waals surface area contributed by atoms with E-state index < -0.39 is 88.3 Å². The average molecular weight is 1270 g/mol. The molecule has 0 radical (unpaired) electrons. The summed E-state index contributed by atoms with van der Waals surface area (Å²) in [6, 6.07) is 25.8. The van der Waals surface area contributed by atoms with Crippen molar-refractivity contribution in [2.24, 2.45) is 5.90 Å². The van der Waals surface area contributed by atoms with Crippen molar-refractivity contribution in [3.05, 3.63) is 154 Å². The molecule has 0 spiro atoms. The second-order valence-electron chi connectivity index (χ2n) is 16.4. The van der Waals surface area contributed by atoms with Gasteiger partial charge in [-0.25, -0.2) is 74.0 Å². The van der Waals surface area contributed by atoms with Gasteiger partial charge < -0.3 is 14.3 Å². The van der Waals surface area contributed by atoms with Crippen LogP contribution in [0.25, 0.3) is 0 Å². The standard InChI is InChI=1S/C11H12F2O4S.C11H12F2O2S.C10H11F2NO4S.C10H9F2NO2S.C8H7BrF2/c1-11(12,13)8-3-5-9(6-4-8)18(15,16)7-10(14)17-2;1-11(12,13)8-3-5-9(6-4-8)16-7-10(14)15-2;1-10(11,12)7-2-4-8(5-3-7)18(15,16)6-9(14)17-13;1-10(11,12)8-2-4-9(5-3-8)16(14,15)7-6-13;1-8(10,11)6-2-4-7(9)5-3-6/h3-6H,7H2,1-2H3;3-6H,7H2,1-2H3;2-5H,6,13H2,1H3;2-5H,7H2,1H3;2-5H,1H3. The highest BCUT2D eigenvalue weighted by molar-refractivity contribution is 9.10. The lowest BCUT2D eigenvalue weighted by Crippen LogP contribution is -2.21. The summed E-state index contributed by atoms with van der Waals surface area (Å²) in [5.74, 6) is -14.7. The zero-order valence-electron chi connectivity index (χ0n) is 42.6. The smallest absolute Gasteiger partial charge is 0.339 e. The zero-order valence-corrected chi connectivity index (χ0v) is 47.4. The Morgan fingerprint density at radius 2 is 0.747 bits per heavy atom. The van der Waals surface area contributed by atoms with Crippen molar-refractivity contribution in [1.82, 2.24) is 0 Å². The van der Waals surface area contributed by atoms with Gasteiger partial charge in [0.15, 0.2) is 41.0 Å². The topological polar surface area (TPSA) is 231 Å². The van der Waals surface area contributed by atoms with Crippen molar-refractivity contribution >= 4 is 75.1 Å². The van der Waals surface area contributed by atoms with Crippen molar-refractivity contribution in [1.29, 1.82) is 5.26 Å². The second kappa shape index (κ2) is 30.0. The summed E-state index contributed by atoms with van der Waals surface area (Å²) in [6.45, 7) is 3.87. The Bertz CT molecular complexity index is 3060. The number of nitrogens with two attached hydrogens (primary N) is 1. The molecule has 0 amide bonds. The predicted molar refractivity (Wildman–Crippen MR) is 275 cm³/mol. The number of esters is 2. The molecule has 14 nitrogen and oxygen atoms in total. The molecule has 5 aromatic rings. The van der Waals surface area contributed by atoms with Gasteiger partial charge in [0.25, 0.3) is 29.6 Å². The van der Waals surface area contributed by atoms with E-state index in [1.165, 1.54) is 49.2 Å². The summed E-state index contributed by atoms with van der Waals surface area (Å²) in [4.78, 5) is 36.5. The van der Waals surface area contributed by atoms with Crippen LogP contribution in [0.3, 0.4) is 0 Å². The number of sulfone groups is 3. The van der Waals surface area contributed by atoms with E-state index in [0.29, 0.717) is 13.8 Å². The maximum atomic E-state index is 12.9. The van der Waals surface area contributed by atoms with Gasteiger partial charge in [-0.15, -0.1) is 11.8 Å². The molecule has 0 unspecified atom stereocenters. The molecule has 434 valence electrons. The molecule has 5 rings (SSSR count). The fraction of sp³-hybridized carbons (Fsp3) is 0.320. The largest absolute Gasteiger partial charge is 0.468 e. The highest BCUT2D eigenvalue weighted by Crippen LogP contribution is 2.32. The monoisotopic (exact) mass is 1270 g/mol. The SMILES string of the molecule is CC(F)(F)c1ccc(Br)cc1.CC(F)(F)c1ccc(S(=O)(=O)CC#N)cc1.CC(F)(F)c1ccc(S(=O)(=O)CC(=O)ON)cc1.COC(=O)CS(=O)(=O)c1ccc(C(C)(F)F)cc1.COC(=O)CSc1ccc(C(C)(F)F)cc1. The maximum absolute atomic E-state index is 12.9. The molecule has 0 heterocycles. The third-order valence-electron chi connectivity index (χ3n) is 9.69. The quantitative estimate of drug-likeness (QED) is 0.0419. The normalized spacial score (nSPS) is 11.9. The summed E-state index contributed by atoms with van der Waals surface area (Å²) in [5, 5.41) is 8.30. The number of rotatable bonds is 16. The fourth-order valence-corrected chi connectivity index (χ4v) is 9.51. The van der Waals surface area contributed by atoms with Crippen LogP contribution in [0.15, 0.2) is 145 Å². The Balaban J connectivity index is 0.000000498. The number of nitriles is 1. The number of thioether (sulfide) groups is 1. The predicted octanol–water partition coefficient (Wildman–Crippen LogP) is 11.5. The molecule has 2 N–H and O–H groups in total. The third-order valence-corrected chi connectivity index (χ3v) is 15.9. The van der Waals surface area contributed by atoms with Crippen LogP contribution in [0.2, 0.25) is 0 Å². The molecule has 0 aliphatic carbocycles. The van der Waals surface area contributed by atoms with Gasteiger partial charge in [-0.2, -0.15) is 11.2 Å². The van der Waals surface area contributed by atoms with E-state index in [-0.39, 0.29) is 54.2 Å². The molecule has 5 aromatic carbocycles. The van der Waals surface area contributed by atoms with Gasteiger partial charge in [0.1, 0.15) is 5.75 Å². The number of carbonyl (C=O) groups is 3. The maximum Gasteiger partial charge on any atom is 0.339 e. The van der Waals surface area contributed by atoms with E-state index in [1.54, 1.807) is 24.3 Å². The van der Waals surface area contributed by atoms with E-state index in [1.807, 2.05) is 0 Å². The minimum Gasteiger partial charge on any atom is -0.468 e. The van der Waals surface area contributed by atoms with Crippen LogP contribution in [0, 0.1) is 11.3 Å². The number of nitrogens with zero attached hydrogens (tertiary/aromatic N) is 1. The third kappa shape index (κ3) is 25.7. The van der Waals surface area contributed by atoms with Crippen molar-refractivity contribution in [2.75, 3.05) is 37.2 Å². The first-order chi connectivity index (χ1) is 36.0. The first-order valence-electron chi connectivity index (χ1n) is 21.8. The first kappa shape index (κ1) is 71.0. The van der Waals surface area contributed by atoms with Crippen molar-refractivity contribution < 1.29 is 97.9 Å². The summed E-state index contributed by atoms with van der Waals surface area (Å²) >= 11 is 4.42. The Labute approximate surface area is 462 Å². The van der Waals surface area contributed by atoms with Gasteiger partial charge in [-0.05, 0) is 60.7 Å². The van der Waals surface area contributed by atoms with Gasteiger partial charge in [0, 0.05) is 71.8 Å². The van der Waals surface area contributed by atoms with Gasteiger partial charge in [-0.1, -0.05) is 76.6 Å². The highest BCUT2D eigenvalue weighted by atomic mass is 79.9. The Morgan fingerprint density at radius 3 is 1.01 bits per heavy atom. The Kier molecular flexibility index (Phi) is 26.9. The average Bonchev–Trinajstić information content (AvgIpc) is 3.35. The number of carbonyl (C=O) groups excluding carboxylic acids is 3. The molecule has 79 heavy (non-hydrogen) atoms.